The Hall–Kier alpha value is -2.38. The van der Waals surface area contributed by atoms with E-state index in [-0.39, 0.29) is 6.61 Å². The molecule has 0 aliphatic carbocycles. The van der Waals surface area contributed by atoms with Crippen molar-refractivity contribution in [3.05, 3.63) is 58.9 Å². The van der Waals surface area contributed by atoms with Crippen LogP contribution in [0, 0.1) is 18.3 Å². The van der Waals surface area contributed by atoms with E-state index in [0.29, 0.717) is 11.4 Å². The number of aliphatic hydroxyl groups excluding tert-OH is 1. The first-order chi connectivity index (χ1) is 9.61. The highest BCUT2D eigenvalue weighted by Crippen LogP contribution is 2.27. The van der Waals surface area contributed by atoms with Gasteiger partial charge in [0.25, 0.3) is 0 Å². The molecule has 102 valence electrons. The Bertz CT molecular complexity index is 645. The number of hydrogen-bond acceptors (Lipinski definition) is 4. The van der Waals surface area contributed by atoms with Gasteiger partial charge in [-0.15, -0.1) is 0 Å². The second-order valence-corrected chi connectivity index (χ2v) is 4.63. The summed E-state index contributed by atoms with van der Waals surface area (Å²) in [4.78, 5) is 3.99. The predicted octanol–water partition coefficient (Wildman–Crippen LogP) is 2.89. The molecule has 0 radical (unpaired) electrons. The Balaban J connectivity index is 2.21. The number of nitrogens with zero attached hydrogens (tertiary/aromatic N) is 2. The number of pyridine rings is 1. The summed E-state index contributed by atoms with van der Waals surface area (Å²) in [6.45, 7) is 3.91. The SMILES string of the molecule is Cc1ccc(OCc2cccnc2C#N)c([C@@H](C)O)c1. The van der Waals surface area contributed by atoms with E-state index < -0.39 is 6.10 Å². The zero-order valence-electron chi connectivity index (χ0n) is 11.5. The molecular weight excluding hydrogens is 252 g/mol. The highest BCUT2D eigenvalue weighted by molar-refractivity contribution is 5.39. The molecule has 1 atom stereocenters. The van der Waals surface area contributed by atoms with E-state index in [1.54, 1.807) is 19.2 Å². The van der Waals surface area contributed by atoms with Gasteiger partial charge in [0.2, 0.25) is 0 Å². The number of nitriles is 1. The number of aliphatic hydroxyl groups is 1. The zero-order valence-corrected chi connectivity index (χ0v) is 11.5. The van der Waals surface area contributed by atoms with E-state index in [2.05, 4.69) is 4.98 Å². The van der Waals surface area contributed by atoms with Crippen molar-refractivity contribution in [2.75, 3.05) is 0 Å². The van der Waals surface area contributed by atoms with E-state index >= 15 is 0 Å². The number of aromatic nitrogens is 1. The summed E-state index contributed by atoms with van der Waals surface area (Å²) in [5.41, 5.74) is 2.89. The molecule has 2 aromatic rings. The number of benzene rings is 1. The predicted molar refractivity (Wildman–Crippen MR) is 75.1 cm³/mol. The van der Waals surface area contributed by atoms with Crippen LogP contribution in [0.3, 0.4) is 0 Å². The van der Waals surface area contributed by atoms with Crippen LogP contribution in [0.1, 0.15) is 35.4 Å². The maximum Gasteiger partial charge on any atom is 0.147 e. The van der Waals surface area contributed by atoms with Crippen molar-refractivity contribution in [1.82, 2.24) is 4.98 Å². The first-order valence-electron chi connectivity index (χ1n) is 6.37. The number of aryl methyl sites for hydroxylation is 1. The summed E-state index contributed by atoms with van der Waals surface area (Å²) in [6, 6.07) is 11.3. The molecule has 4 heteroatoms. The number of ether oxygens (including phenoxy) is 1. The molecule has 2 rings (SSSR count). The van der Waals surface area contributed by atoms with Crippen LogP contribution in [0.4, 0.5) is 0 Å². The molecule has 1 aromatic heterocycles. The van der Waals surface area contributed by atoms with Gasteiger partial charge in [0, 0.05) is 17.3 Å². The van der Waals surface area contributed by atoms with Gasteiger partial charge in [-0.05, 0) is 32.0 Å². The molecule has 0 bridgehead atoms. The fourth-order valence-corrected chi connectivity index (χ4v) is 1.94. The smallest absolute Gasteiger partial charge is 0.147 e. The molecule has 0 aliphatic rings. The van der Waals surface area contributed by atoms with Crippen molar-refractivity contribution in [3.8, 4) is 11.8 Å². The third-order valence-electron chi connectivity index (χ3n) is 3.00. The summed E-state index contributed by atoms with van der Waals surface area (Å²) >= 11 is 0. The molecule has 0 aliphatic heterocycles. The topological polar surface area (TPSA) is 66.1 Å². The van der Waals surface area contributed by atoms with Crippen LogP contribution in [-0.4, -0.2) is 10.1 Å². The van der Waals surface area contributed by atoms with E-state index in [0.717, 1.165) is 16.7 Å². The Morgan fingerprint density at radius 2 is 2.20 bits per heavy atom. The Labute approximate surface area is 118 Å². The molecule has 0 amide bonds. The molecule has 20 heavy (non-hydrogen) atoms. The Morgan fingerprint density at radius 3 is 2.90 bits per heavy atom. The minimum atomic E-state index is -0.603. The van der Waals surface area contributed by atoms with Gasteiger partial charge in [0.15, 0.2) is 0 Å². The van der Waals surface area contributed by atoms with Gasteiger partial charge < -0.3 is 9.84 Å². The van der Waals surface area contributed by atoms with E-state index in [1.807, 2.05) is 37.3 Å². The summed E-state index contributed by atoms with van der Waals surface area (Å²) in [5.74, 6) is 0.623. The fraction of sp³-hybridized carbons (Fsp3) is 0.250. The molecule has 0 unspecified atom stereocenters. The minimum Gasteiger partial charge on any atom is -0.488 e. The largest absolute Gasteiger partial charge is 0.488 e. The quantitative estimate of drug-likeness (QED) is 0.925. The number of rotatable bonds is 4. The fourth-order valence-electron chi connectivity index (χ4n) is 1.94. The van der Waals surface area contributed by atoms with Crippen molar-refractivity contribution in [1.29, 1.82) is 5.26 Å². The maximum absolute atomic E-state index is 9.78. The van der Waals surface area contributed by atoms with Gasteiger partial charge in [-0.2, -0.15) is 5.26 Å². The standard InChI is InChI=1S/C16H16N2O2/c1-11-5-6-16(14(8-11)12(2)19)20-10-13-4-3-7-18-15(13)9-17/h3-8,12,19H,10H2,1-2H3/t12-/m1/s1. The first kappa shape index (κ1) is 14.0. The number of hydrogen-bond donors (Lipinski definition) is 1. The van der Waals surface area contributed by atoms with Crippen LogP contribution in [0.15, 0.2) is 36.5 Å². The lowest BCUT2D eigenvalue weighted by atomic mass is 10.1. The average Bonchev–Trinajstić information content (AvgIpc) is 2.46. The maximum atomic E-state index is 9.78. The molecule has 4 nitrogen and oxygen atoms in total. The third-order valence-corrected chi connectivity index (χ3v) is 3.00. The summed E-state index contributed by atoms with van der Waals surface area (Å²) in [7, 11) is 0. The van der Waals surface area contributed by atoms with Crippen LogP contribution < -0.4 is 4.74 Å². The van der Waals surface area contributed by atoms with Crippen LogP contribution in [0.25, 0.3) is 0 Å². The minimum absolute atomic E-state index is 0.250. The zero-order chi connectivity index (χ0) is 14.5. The van der Waals surface area contributed by atoms with Gasteiger partial charge in [0.1, 0.15) is 24.1 Å². The van der Waals surface area contributed by atoms with Crippen LogP contribution in [-0.2, 0) is 6.61 Å². The highest BCUT2D eigenvalue weighted by Gasteiger charge is 2.10. The average molecular weight is 268 g/mol. The molecule has 1 aromatic carbocycles. The van der Waals surface area contributed by atoms with Crippen LogP contribution >= 0.6 is 0 Å². The normalized spacial score (nSPS) is 11.7. The van der Waals surface area contributed by atoms with E-state index in [9.17, 15) is 5.11 Å². The molecule has 0 saturated carbocycles. The lowest BCUT2D eigenvalue weighted by Gasteiger charge is -2.14. The van der Waals surface area contributed by atoms with Gasteiger partial charge in [-0.25, -0.2) is 4.98 Å². The van der Waals surface area contributed by atoms with Crippen molar-refractivity contribution in [3.63, 3.8) is 0 Å². The lowest BCUT2D eigenvalue weighted by Crippen LogP contribution is -2.03. The second-order valence-electron chi connectivity index (χ2n) is 4.63. The Kier molecular flexibility index (Phi) is 4.34. The first-order valence-corrected chi connectivity index (χ1v) is 6.37. The van der Waals surface area contributed by atoms with Gasteiger partial charge in [-0.1, -0.05) is 17.7 Å². The van der Waals surface area contributed by atoms with Crippen molar-refractivity contribution in [2.45, 2.75) is 26.6 Å². The second kappa shape index (κ2) is 6.18. The Morgan fingerprint density at radius 1 is 1.40 bits per heavy atom. The summed E-state index contributed by atoms with van der Waals surface area (Å²) < 4.78 is 5.73. The van der Waals surface area contributed by atoms with Crippen molar-refractivity contribution in [2.24, 2.45) is 0 Å². The molecule has 1 heterocycles. The van der Waals surface area contributed by atoms with Crippen LogP contribution in [0.5, 0.6) is 5.75 Å². The lowest BCUT2D eigenvalue weighted by molar-refractivity contribution is 0.190. The van der Waals surface area contributed by atoms with Crippen molar-refractivity contribution < 1.29 is 9.84 Å². The molecular formula is C16H16N2O2. The molecule has 0 fully saturated rings. The van der Waals surface area contributed by atoms with Gasteiger partial charge >= 0.3 is 0 Å². The van der Waals surface area contributed by atoms with Gasteiger partial charge in [-0.3, -0.25) is 0 Å². The van der Waals surface area contributed by atoms with E-state index in [4.69, 9.17) is 10.00 Å². The summed E-state index contributed by atoms with van der Waals surface area (Å²) in [6.07, 6.45) is 0.976. The van der Waals surface area contributed by atoms with E-state index in [1.165, 1.54) is 0 Å². The molecule has 1 N–H and O–H groups in total. The monoisotopic (exact) mass is 268 g/mol. The van der Waals surface area contributed by atoms with Crippen LogP contribution in [0.2, 0.25) is 0 Å². The summed E-state index contributed by atoms with van der Waals surface area (Å²) in [5, 5.41) is 18.8. The van der Waals surface area contributed by atoms with Crippen molar-refractivity contribution >= 4 is 0 Å². The highest BCUT2D eigenvalue weighted by atomic mass is 16.5. The third kappa shape index (κ3) is 3.14. The molecule has 0 saturated heterocycles. The van der Waals surface area contributed by atoms with Gasteiger partial charge in [0.05, 0.1) is 6.10 Å². The molecule has 0 spiro atoms.